The maximum absolute atomic E-state index is 10.5. The summed E-state index contributed by atoms with van der Waals surface area (Å²) < 4.78 is 0. The Hall–Kier alpha value is -0.570. The second kappa shape index (κ2) is 6.89. The minimum Gasteiger partial charge on any atom is -0.481 e. The van der Waals surface area contributed by atoms with E-state index in [0.29, 0.717) is 12.5 Å². The maximum atomic E-state index is 10.5. The van der Waals surface area contributed by atoms with Crippen molar-refractivity contribution in [2.75, 3.05) is 6.54 Å². The van der Waals surface area contributed by atoms with Crippen LogP contribution in [0.5, 0.6) is 0 Å². The monoisotopic (exact) mass is 187 g/mol. The SMILES string of the molecule is CCC[C@@H](C)C[C@H](CN)CC(=O)O. The predicted octanol–water partition coefficient (Wildman–Crippen LogP) is 1.86. The highest BCUT2D eigenvalue weighted by Gasteiger charge is 2.14. The molecule has 0 aromatic heterocycles. The van der Waals surface area contributed by atoms with Gasteiger partial charge in [0.1, 0.15) is 0 Å². The fourth-order valence-electron chi connectivity index (χ4n) is 1.69. The molecule has 2 atom stereocenters. The number of carboxylic acid groups (broad SMARTS) is 1. The molecule has 3 nitrogen and oxygen atoms in total. The summed E-state index contributed by atoms with van der Waals surface area (Å²) in [5.74, 6) is 0.0103. The van der Waals surface area contributed by atoms with Crippen LogP contribution in [-0.4, -0.2) is 17.6 Å². The van der Waals surface area contributed by atoms with Crippen LogP contribution in [0.4, 0.5) is 0 Å². The lowest BCUT2D eigenvalue weighted by Gasteiger charge is -2.17. The number of rotatable bonds is 7. The summed E-state index contributed by atoms with van der Waals surface area (Å²) in [4.78, 5) is 10.5. The van der Waals surface area contributed by atoms with Crippen molar-refractivity contribution < 1.29 is 9.90 Å². The maximum Gasteiger partial charge on any atom is 0.303 e. The van der Waals surface area contributed by atoms with Crippen LogP contribution >= 0.6 is 0 Å². The fourth-order valence-corrected chi connectivity index (χ4v) is 1.69. The van der Waals surface area contributed by atoms with Crippen molar-refractivity contribution in [2.24, 2.45) is 17.6 Å². The topological polar surface area (TPSA) is 63.3 Å². The lowest BCUT2D eigenvalue weighted by Crippen LogP contribution is -2.20. The normalized spacial score (nSPS) is 15.3. The van der Waals surface area contributed by atoms with Gasteiger partial charge in [0.15, 0.2) is 0 Å². The van der Waals surface area contributed by atoms with Gasteiger partial charge in [0.05, 0.1) is 0 Å². The molecule has 0 bridgehead atoms. The largest absolute Gasteiger partial charge is 0.481 e. The second-order valence-corrected chi connectivity index (χ2v) is 3.83. The van der Waals surface area contributed by atoms with Crippen LogP contribution < -0.4 is 5.73 Å². The van der Waals surface area contributed by atoms with E-state index in [0.717, 1.165) is 19.3 Å². The zero-order valence-electron chi connectivity index (χ0n) is 8.62. The van der Waals surface area contributed by atoms with Gasteiger partial charge in [-0.05, 0) is 24.8 Å². The number of carboxylic acids is 1. The van der Waals surface area contributed by atoms with Crippen LogP contribution in [-0.2, 0) is 4.79 Å². The first-order chi connectivity index (χ1) is 6.10. The number of nitrogens with two attached hydrogens (primary N) is 1. The molecule has 0 aliphatic rings. The van der Waals surface area contributed by atoms with Crippen LogP contribution in [0.15, 0.2) is 0 Å². The highest BCUT2D eigenvalue weighted by Crippen LogP contribution is 2.18. The van der Waals surface area contributed by atoms with E-state index in [-0.39, 0.29) is 12.3 Å². The van der Waals surface area contributed by atoms with E-state index in [1.165, 1.54) is 0 Å². The molecule has 0 aromatic carbocycles. The zero-order valence-corrected chi connectivity index (χ0v) is 8.62. The molecule has 0 unspecified atom stereocenters. The van der Waals surface area contributed by atoms with Crippen LogP contribution in [0.2, 0.25) is 0 Å². The smallest absolute Gasteiger partial charge is 0.303 e. The molecule has 0 aliphatic heterocycles. The first kappa shape index (κ1) is 12.4. The molecule has 0 fully saturated rings. The van der Waals surface area contributed by atoms with Crippen molar-refractivity contribution in [3.8, 4) is 0 Å². The van der Waals surface area contributed by atoms with Gasteiger partial charge in [0, 0.05) is 6.42 Å². The van der Waals surface area contributed by atoms with E-state index in [4.69, 9.17) is 10.8 Å². The van der Waals surface area contributed by atoms with Crippen LogP contribution in [0.1, 0.15) is 39.5 Å². The Labute approximate surface area is 80.3 Å². The Morgan fingerprint density at radius 1 is 1.54 bits per heavy atom. The molecule has 0 rings (SSSR count). The first-order valence-corrected chi connectivity index (χ1v) is 5.02. The third-order valence-electron chi connectivity index (χ3n) is 2.31. The summed E-state index contributed by atoms with van der Waals surface area (Å²) in [5, 5.41) is 8.60. The van der Waals surface area contributed by atoms with Gasteiger partial charge < -0.3 is 10.8 Å². The standard InChI is InChI=1S/C10H21NO2/c1-3-4-8(2)5-9(7-11)6-10(12)13/h8-9H,3-7,11H2,1-2H3,(H,12,13)/t8-,9+/m1/s1. The van der Waals surface area contributed by atoms with Gasteiger partial charge in [-0.15, -0.1) is 0 Å². The summed E-state index contributed by atoms with van der Waals surface area (Å²) >= 11 is 0. The van der Waals surface area contributed by atoms with E-state index in [9.17, 15) is 4.79 Å². The van der Waals surface area contributed by atoms with E-state index in [1.807, 2.05) is 0 Å². The summed E-state index contributed by atoms with van der Waals surface area (Å²) in [6.07, 6.45) is 3.48. The summed E-state index contributed by atoms with van der Waals surface area (Å²) in [5.41, 5.74) is 5.50. The lowest BCUT2D eigenvalue weighted by molar-refractivity contribution is -0.138. The average Bonchev–Trinajstić information content (AvgIpc) is 2.02. The Bertz CT molecular complexity index is 148. The Kier molecular flexibility index (Phi) is 6.59. The highest BCUT2D eigenvalue weighted by molar-refractivity contribution is 5.67. The molecular formula is C10H21NO2. The second-order valence-electron chi connectivity index (χ2n) is 3.83. The molecule has 0 heterocycles. The van der Waals surface area contributed by atoms with Crippen molar-refractivity contribution in [2.45, 2.75) is 39.5 Å². The van der Waals surface area contributed by atoms with Gasteiger partial charge in [-0.3, -0.25) is 4.79 Å². The van der Waals surface area contributed by atoms with E-state index >= 15 is 0 Å². The fraction of sp³-hybridized carbons (Fsp3) is 0.900. The van der Waals surface area contributed by atoms with Crippen molar-refractivity contribution in [1.29, 1.82) is 0 Å². The average molecular weight is 187 g/mol. The highest BCUT2D eigenvalue weighted by atomic mass is 16.4. The summed E-state index contributed by atoms with van der Waals surface area (Å²) in [7, 11) is 0. The van der Waals surface area contributed by atoms with Crippen LogP contribution in [0.25, 0.3) is 0 Å². The van der Waals surface area contributed by atoms with Gasteiger partial charge in [0.25, 0.3) is 0 Å². The summed E-state index contributed by atoms with van der Waals surface area (Å²) in [6, 6.07) is 0. The quantitative estimate of drug-likeness (QED) is 0.639. The molecule has 3 N–H and O–H groups in total. The van der Waals surface area contributed by atoms with Crippen molar-refractivity contribution in [3.05, 3.63) is 0 Å². The number of hydrogen-bond acceptors (Lipinski definition) is 2. The molecule has 0 saturated carbocycles. The Balaban J connectivity index is 3.75. The molecule has 0 saturated heterocycles. The van der Waals surface area contributed by atoms with Gasteiger partial charge in [-0.1, -0.05) is 26.7 Å². The number of hydrogen-bond donors (Lipinski definition) is 2. The third kappa shape index (κ3) is 6.58. The molecule has 0 radical (unpaired) electrons. The minimum absolute atomic E-state index is 0.152. The van der Waals surface area contributed by atoms with Gasteiger partial charge in [-0.25, -0.2) is 0 Å². The molecule has 0 aromatic rings. The van der Waals surface area contributed by atoms with Crippen LogP contribution in [0.3, 0.4) is 0 Å². The van der Waals surface area contributed by atoms with Gasteiger partial charge in [-0.2, -0.15) is 0 Å². The molecule has 0 spiro atoms. The minimum atomic E-state index is -0.737. The lowest BCUT2D eigenvalue weighted by atomic mass is 9.90. The van der Waals surface area contributed by atoms with Crippen molar-refractivity contribution in [1.82, 2.24) is 0 Å². The molecule has 0 aliphatic carbocycles. The zero-order chi connectivity index (χ0) is 10.3. The molecule has 13 heavy (non-hydrogen) atoms. The Morgan fingerprint density at radius 3 is 2.54 bits per heavy atom. The van der Waals surface area contributed by atoms with Gasteiger partial charge >= 0.3 is 5.97 Å². The predicted molar refractivity (Wildman–Crippen MR) is 53.5 cm³/mol. The van der Waals surface area contributed by atoms with Crippen molar-refractivity contribution >= 4 is 5.97 Å². The summed E-state index contributed by atoms with van der Waals surface area (Å²) in [6.45, 7) is 4.79. The molecule has 78 valence electrons. The molecular weight excluding hydrogens is 166 g/mol. The molecule has 3 heteroatoms. The van der Waals surface area contributed by atoms with E-state index in [1.54, 1.807) is 0 Å². The third-order valence-corrected chi connectivity index (χ3v) is 2.31. The van der Waals surface area contributed by atoms with E-state index in [2.05, 4.69) is 13.8 Å². The number of aliphatic carboxylic acids is 1. The number of carbonyl (C=O) groups is 1. The van der Waals surface area contributed by atoms with Crippen molar-refractivity contribution in [3.63, 3.8) is 0 Å². The Morgan fingerprint density at radius 2 is 2.15 bits per heavy atom. The van der Waals surface area contributed by atoms with E-state index < -0.39 is 5.97 Å². The first-order valence-electron chi connectivity index (χ1n) is 5.02. The van der Waals surface area contributed by atoms with Gasteiger partial charge in [0.2, 0.25) is 0 Å². The van der Waals surface area contributed by atoms with Crippen LogP contribution in [0, 0.1) is 11.8 Å². The molecule has 0 amide bonds.